The molecule has 2 N–H and O–H groups in total. The molecule has 2 saturated heterocycles. The summed E-state index contributed by atoms with van der Waals surface area (Å²) in [4.78, 5) is 39.6. The number of hydrogen-bond acceptors (Lipinski definition) is 7. The van der Waals surface area contributed by atoms with Crippen LogP contribution in [0.3, 0.4) is 0 Å². The first-order chi connectivity index (χ1) is 11.8. The van der Waals surface area contributed by atoms with Gasteiger partial charge in [-0.05, 0) is 6.07 Å². The molecule has 0 saturated carbocycles. The number of phenolic OH excluding ortho intramolecular Hbond substituents is 1. The van der Waals surface area contributed by atoms with E-state index in [9.17, 15) is 24.6 Å². The van der Waals surface area contributed by atoms with Gasteiger partial charge in [-0.2, -0.15) is 0 Å². The summed E-state index contributed by atoms with van der Waals surface area (Å²) in [7, 11) is 3.93. The summed E-state index contributed by atoms with van der Waals surface area (Å²) in [5.74, 6) is -1.42. The molecule has 2 unspecified atom stereocenters. The van der Waals surface area contributed by atoms with Crippen molar-refractivity contribution in [3.05, 3.63) is 23.8 Å². The number of barbiturate groups is 1. The Morgan fingerprint density at radius 1 is 1.20 bits per heavy atom. The van der Waals surface area contributed by atoms with Crippen molar-refractivity contribution in [3.8, 4) is 11.5 Å². The highest BCUT2D eigenvalue weighted by Crippen LogP contribution is 2.58. The zero-order valence-electron chi connectivity index (χ0n) is 13.9. The molecule has 4 amide bonds. The van der Waals surface area contributed by atoms with Crippen LogP contribution in [0.2, 0.25) is 0 Å². The van der Waals surface area contributed by atoms with Crippen LogP contribution in [0, 0.1) is 5.41 Å². The van der Waals surface area contributed by atoms with E-state index in [1.807, 2.05) is 0 Å². The standard InChI is InChI=1S/C16H18N2O6S/c1-17-13(21)16(14(22)18(2)15(17)23)10(19)7-25-12(16)8-5-4-6-9(24-3)11(8)20/h4-6,10,12,19-20H,7H2,1-3H3. The van der Waals surface area contributed by atoms with Gasteiger partial charge in [-0.1, -0.05) is 12.1 Å². The lowest BCUT2D eigenvalue weighted by Gasteiger charge is -2.43. The highest BCUT2D eigenvalue weighted by Gasteiger charge is 2.67. The number of aromatic hydroxyl groups is 1. The number of nitrogens with zero attached hydrogens (tertiary/aromatic N) is 2. The average Bonchev–Trinajstić information content (AvgIpc) is 2.95. The minimum atomic E-state index is -1.87. The van der Waals surface area contributed by atoms with E-state index in [-0.39, 0.29) is 17.3 Å². The van der Waals surface area contributed by atoms with Gasteiger partial charge in [0.15, 0.2) is 16.9 Å². The van der Waals surface area contributed by atoms with Crippen molar-refractivity contribution < 1.29 is 29.3 Å². The van der Waals surface area contributed by atoms with Gasteiger partial charge in [0.2, 0.25) is 11.8 Å². The fraction of sp³-hybridized carbons (Fsp3) is 0.438. The van der Waals surface area contributed by atoms with Gasteiger partial charge < -0.3 is 14.9 Å². The van der Waals surface area contributed by atoms with Gasteiger partial charge in [-0.15, -0.1) is 11.8 Å². The first-order valence-electron chi connectivity index (χ1n) is 7.54. The number of benzene rings is 1. The Bertz CT molecular complexity index is 743. The first-order valence-corrected chi connectivity index (χ1v) is 8.59. The second-order valence-corrected chi connectivity index (χ2v) is 7.15. The van der Waals surface area contributed by atoms with Gasteiger partial charge in [0, 0.05) is 25.4 Å². The summed E-state index contributed by atoms with van der Waals surface area (Å²) < 4.78 is 5.09. The predicted octanol–water partition coefficient (Wildman–Crippen LogP) is 0.586. The molecule has 0 aliphatic carbocycles. The van der Waals surface area contributed by atoms with E-state index in [1.165, 1.54) is 33.0 Å². The lowest BCUT2D eigenvalue weighted by molar-refractivity contribution is -0.163. The summed E-state index contributed by atoms with van der Waals surface area (Å²) in [6.07, 6.45) is -1.29. The summed E-state index contributed by atoms with van der Waals surface area (Å²) >= 11 is 1.18. The molecule has 9 heteroatoms. The van der Waals surface area contributed by atoms with Crippen molar-refractivity contribution in [2.45, 2.75) is 11.4 Å². The van der Waals surface area contributed by atoms with E-state index in [0.717, 1.165) is 9.80 Å². The van der Waals surface area contributed by atoms with Gasteiger partial charge in [0.25, 0.3) is 0 Å². The summed E-state index contributed by atoms with van der Waals surface area (Å²) in [5.41, 5.74) is -1.56. The summed E-state index contributed by atoms with van der Waals surface area (Å²) in [5, 5.41) is 20.2. The van der Waals surface area contributed by atoms with Crippen molar-refractivity contribution in [1.82, 2.24) is 9.80 Å². The molecule has 25 heavy (non-hydrogen) atoms. The van der Waals surface area contributed by atoms with E-state index in [1.54, 1.807) is 18.2 Å². The molecule has 0 aromatic heterocycles. The van der Waals surface area contributed by atoms with Crippen LogP contribution < -0.4 is 4.74 Å². The van der Waals surface area contributed by atoms with Crippen molar-refractivity contribution in [3.63, 3.8) is 0 Å². The third-order valence-corrected chi connectivity index (χ3v) is 6.25. The van der Waals surface area contributed by atoms with Crippen LogP contribution in [0.5, 0.6) is 11.5 Å². The number of thioether (sulfide) groups is 1. The number of aliphatic hydroxyl groups excluding tert-OH is 1. The number of para-hydroxylation sites is 1. The number of hydrogen-bond donors (Lipinski definition) is 2. The Balaban J connectivity index is 2.20. The molecule has 1 aromatic rings. The highest BCUT2D eigenvalue weighted by molar-refractivity contribution is 8.00. The molecule has 2 aliphatic rings. The van der Waals surface area contributed by atoms with Crippen molar-refractivity contribution in [2.75, 3.05) is 27.0 Å². The minimum absolute atomic E-state index is 0.120. The Morgan fingerprint density at radius 2 is 1.80 bits per heavy atom. The van der Waals surface area contributed by atoms with E-state index < -0.39 is 34.6 Å². The Labute approximate surface area is 148 Å². The zero-order chi connectivity index (χ0) is 18.5. The third-order valence-electron chi connectivity index (χ3n) is 4.78. The molecule has 2 atom stereocenters. The van der Waals surface area contributed by atoms with Gasteiger partial charge >= 0.3 is 6.03 Å². The van der Waals surface area contributed by atoms with Crippen LogP contribution in [0.1, 0.15) is 10.8 Å². The maximum absolute atomic E-state index is 12.9. The van der Waals surface area contributed by atoms with Crippen LogP contribution in [-0.4, -0.2) is 70.9 Å². The molecule has 2 fully saturated rings. The second kappa shape index (κ2) is 5.92. The number of methoxy groups -OCH3 is 1. The second-order valence-electron chi connectivity index (χ2n) is 6.01. The van der Waals surface area contributed by atoms with Crippen LogP contribution in [-0.2, 0) is 9.59 Å². The number of urea groups is 1. The largest absolute Gasteiger partial charge is 0.504 e. The monoisotopic (exact) mass is 366 g/mol. The quantitative estimate of drug-likeness (QED) is 0.738. The van der Waals surface area contributed by atoms with Crippen molar-refractivity contribution in [1.29, 1.82) is 0 Å². The molecule has 3 rings (SSSR count). The van der Waals surface area contributed by atoms with Crippen LogP contribution in [0.4, 0.5) is 4.79 Å². The number of rotatable bonds is 2. The molecule has 2 heterocycles. The maximum atomic E-state index is 12.9. The Morgan fingerprint density at radius 3 is 2.36 bits per heavy atom. The summed E-state index contributed by atoms with van der Waals surface area (Å²) in [6.45, 7) is 0. The number of imide groups is 2. The van der Waals surface area contributed by atoms with Crippen LogP contribution in [0.25, 0.3) is 0 Å². The topological polar surface area (TPSA) is 107 Å². The lowest BCUT2D eigenvalue weighted by atomic mass is 9.73. The molecule has 0 radical (unpaired) electrons. The van der Waals surface area contributed by atoms with Crippen molar-refractivity contribution >= 4 is 29.6 Å². The van der Waals surface area contributed by atoms with Crippen molar-refractivity contribution in [2.24, 2.45) is 5.41 Å². The molecule has 2 aliphatic heterocycles. The van der Waals surface area contributed by atoms with Gasteiger partial charge in [-0.25, -0.2) is 4.79 Å². The van der Waals surface area contributed by atoms with Gasteiger partial charge in [-0.3, -0.25) is 19.4 Å². The summed E-state index contributed by atoms with van der Waals surface area (Å²) in [6, 6.07) is 4.00. The SMILES string of the molecule is COc1cccc(C2SCC(O)C23C(=O)N(C)C(=O)N(C)C3=O)c1O. The van der Waals surface area contributed by atoms with E-state index in [4.69, 9.17) is 4.74 Å². The van der Waals surface area contributed by atoms with E-state index in [2.05, 4.69) is 0 Å². The average molecular weight is 366 g/mol. The predicted molar refractivity (Wildman–Crippen MR) is 89.2 cm³/mol. The Hall–Kier alpha value is -2.26. The highest BCUT2D eigenvalue weighted by atomic mass is 32.2. The van der Waals surface area contributed by atoms with Gasteiger partial charge in [0.05, 0.1) is 18.5 Å². The molecule has 1 spiro atoms. The zero-order valence-corrected chi connectivity index (χ0v) is 14.7. The fourth-order valence-corrected chi connectivity index (χ4v) is 5.06. The number of aliphatic hydroxyl groups is 1. The third kappa shape index (κ3) is 2.15. The molecular weight excluding hydrogens is 348 g/mol. The van der Waals surface area contributed by atoms with Crippen LogP contribution in [0.15, 0.2) is 18.2 Å². The number of amides is 4. The minimum Gasteiger partial charge on any atom is -0.504 e. The van der Waals surface area contributed by atoms with E-state index >= 15 is 0 Å². The first kappa shape index (κ1) is 17.6. The van der Waals surface area contributed by atoms with Crippen LogP contribution >= 0.6 is 11.8 Å². The van der Waals surface area contributed by atoms with Gasteiger partial charge in [0.1, 0.15) is 0 Å². The Kier molecular flexibility index (Phi) is 4.16. The number of ether oxygens (including phenoxy) is 1. The van der Waals surface area contributed by atoms with E-state index in [0.29, 0.717) is 5.56 Å². The maximum Gasteiger partial charge on any atom is 0.332 e. The number of phenols is 1. The molecule has 0 bridgehead atoms. The number of carbonyl (C=O) groups is 3. The smallest absolute Gasteiger partial charge is 0.332 e. The molecule has 1 aromatic carbocycles. The number of carbonyl (C=O) groups excluding carboxylic acids is 3. The lowest BCUT2D eigenvalue weighted by Crippen LogP contribution is -2.67. The fourth-order valence-electron chi connectivity index (χ4n) is 3.43. The molecular formula is C16H18N2O6S. The molecule has 8 nitrogen and oxygen atoms in total. The normalized spacial score (nSPS) is 25.8. The molecule has 134 valence electrons.